The van der Waals surface area contributed by atoms with E-state index in [1.54, 1.807) is 6.92 Å². The standard InChI is InChI=1S/C16H19N3O5/c1-11(2)24-18-13-5-3-12(4-6-13)17-16(20)23-15-9-7-14(8-10-15)19(21)22/h7-10,12H,1,3-6H2,2H3,(H,17,20). The Morgan fingerprint density at radius 3 is 2.50 bits per heavy atom. The van der Waals surface area contributed by atoms with Crippen LogP contribution in [0.3, 0.4) is 0 Å². The minimum absolute atomic E-state index is 0.000624. The number of amides is 1. The Balaban J connectivity index is 1.78. The monoisotopic (exact) mass is 333 g/mol. The van der Waals surface area contributed by atoms with Crippen LogP contribution in [0.1, 0.15) is 32.6 Å². The van der Waals surface area contributed by atoms with E-state index >= 15 is 0 Å². The van der Waals surface area contributed by atoms with Gasteiger partial charge in [0.1, 0.15) is 11.5 Å². The minimum atomic E-state index is -0.576. The van der Waals surface area contributed by atoms with Crippen molar-refractivity contribution < 1.29 is 19.3 Å². The fraction of sp³-hybridized carbons (Fsp3) is 0.375. The number of nitro benzene ring substituents is 1. The van der Waals surface area contributed by atoms with E-state index in [0.717, 1.165) is 31.4 Å². The molecule has 8 nitrogen and oxygen atoms in total. The van der Waals surface area contributed by atoms with E-state index in [2.05, 4.69) is 17.1 Å². The third kappa shape index (κ3) is 5.38. The van der Waals surface area contributed by atoms with Gasteiger partial charge in [-0.05, 0) is 44.7 Å². The maximum Gasteiger partial charge on any atom is 0.412 e. The van der Waals surface area contributed by atoms with E-state index < -0.39 is 11.0 Å². The van der Waals surface area contributed by atoms with Crippen LogP contribution in [0, 0.1) is 10.1 Å². The molecule has 8 heteroatoms. The van der Waals surface area contributed by atoms with E-state index in [9.17, 15) is 14.9 Å². The molecular formula is C16H19N3O5. The highest BCUT2D eigenvalue weighted by Crippen LogP contribution is 2.19. The van der Waals surface area contributed by atoms with Gasteiger partial charge in [-0.1, -0.05) is 11.7 Å². The largest absolute Gasteiger partial charge is 0.412 e. The Labute approximate surface area is 139 Å². The topological polar surface area (TPSA) is 103 Å². The Morgan fingerprint density at radius 2 is 1.96 bits per heavy atom. The summed E-state index contributed by atoms with van der Waals surface area (Å²) in [6.07, 6.45) is 2.37. The van der Waals surface area contributed by atoms with Crippen molar-refractivity contribution in [2.75, 3.05) is 0 Å². The van der Waals surface area contributed by atoms with Gasteiger partial charge in [0.05, 0.1) is 10.6 Å². The molecule has 0 atom stereocenters. The molecule has 0 spiro atoms. The van der Waals surface area contributed by atoms with Gasteiger partial charge in [0, 0.05) is 18.2 Å². The van der Waals surface area contributed by atoms with E-state index in [4.69, 9.17) is 9.57 Å². The second-order valence-corrected chi connectivity index (χ2v) is 5.51. The van der Waals surface area contributed by atoms with Gasteiger partial charge < -0.3 is 14.9 Å². The van der Waals surface area contributed by atoms with Gasteiger partial charge in [-0.2, -0.15) is 0 Å². The normalized spacial score (nSPS) is 16.9. The third-order valence-corrected chi connectivity index (χ3v) is 3.47. The summed E-state index contributed by atoms with van der Waals surface area (Å²) in [7, 11) is 0. The van der Waals surface area contributed by atoms with Crippen LogP contribution >= 0.6 is 0 Å². The van der Waals surface area contributed by atoms with Gasteiger partial charge in [0.25, 0.3) is 5.69 Å². The van der Waals surface area contributed by atoms with Crippen molar-refractivity contribution in [3.8, 4) is 5.75 Å². The van der Waals surface area contributed by atoms with Gasteiger partial charge in [-0.3, -0.25) is 10.1 Å². The lowest BCUT2D eigenvalue weighted by atomic mass is 9.94. The van der Waals surface area contributed by atoms with Crippen LogP contribution in [0.15, 0.2) is 41.8 Å². The number of oxime groups is 1. The summed E-state index contributed by atoms with van der Waals surface area (Å²) in [5.74, 6) is 0.792. The highest BCUT2D eigenvalue weighted by atomic mass is 16.6. The molecule has 2 rings (SSSR count). The lowest BCUT2D eigenvalue weighted by Crippen LogP contribution is -2.39. The molecule has 0 aliphatic heterocycles. The fourth-order valence-electron chi connectivity index (χ4n) is 2.27. The first kappa shape index (κ1) is 17.5. The van der Waals surface area contributed by atoms with Gasteiger partial charge in [0.15, 0.2) is 0 Å². The molecule has 1 aliphatic rings. The molecular weight excluding hydrogens is 314 g/mol. The number of nitrogens with zero attached hydrogens (tertiary/aromatic N) is 2. The molecule has 1 N–H and O–H groups in total. The number of carbonyl (C=O) groups is 1. The number of ether oxygens (including phenoxy) is 1. The summed E-state index contributed by atoms with van der Waals surface area (Å²) in [5.41, 5.74) is 0.888. The van der Waals surface area contributed by atoms with Crippen molar-refractivity contribution in [3.63, 3.8) is 0 Å². The first-order valence-electron chi connectivity index (χ1n) is 7.55. The number of rotatable bonds is 5. The third-order valence-electron chi connectivity index (χ3n) is 3.47. The summed E-state index contributed by atoms with van der Waals surface area (Å²) in [6.45, 7) is 5.34. The molecule has 0 radical (unpaired) electrons. The molecule has 1 aliphatic carbocycles. The number of nitro groups is 1. The highest BCUT2D eigenvalue weighted by molar-refractivity contribution is 5.85. The molecule has 0 unspecified atom stereocenters. The van der Waals surface area contributed by atoms with Crippen molar-refractivity contribution in [2.24, 2.45) is 5.16 Å². The van der Waals surface area contributed by atoms with Crippen LogP contribution < -0.4 is 10.1 Å². The van der Waals surface area contributed by atoms with Gasteiger partial charge in [-0.15, -0.1) is 0 Å². The molecule has 1 amide bonds. The number of benzene rings is 1. The van der Waals surface area contributed by atoms with Crippen LogP contribution in [-0.4, -0.2) is 22.8 Å². The Bertz CT molecular complexity index is 644. The van der Waals surface area contributed by atoms with E-state index in [-0.39, 0.29) is 17.5 Å². The summed E-state index contributed by atoms with van der Waals surface area (Å²) in [6, 6.07) is 5.34. The average molecular weight is 333 g/mol. The molecule has 1 fully saturated rings. The number of hydrogen-bond acceptors (Lipinski definition) is 6. The maximum atomic E-state index is 11.9. The number of non-ortho nitro benzene ring substituents is 1. The second-order valence-electron chi connectivity index (χ2n) is 5.51. The molecule has 0 saturated heterocycles. The maximum absolute atomic E-state index is 11.9. The zero-order valence-electron chi connectivity index (χ0n) is 13.4. The van der Waals surface area contributed by atoms with E-state index in [1.807, 2.05) is 0 Å². The lowest BCUT2D eigenvalue weighted by Gasteiger charge is -2.23. The zero-order valence-corrected chi connectivity index (χ0v) is 13.4. The smallest absolute Gasteiger partial charge is 0.410 e. The minimum Gasteiger partial charge on any atom is -0.410 e. The van der Waals surface area contributed by atoms with Crippen LogP contribution in [0.2, 0.25) is 0 Å². The number of allylic oxidation sites excluding steroid dienone is 1. The molecule has 1 aromatic carbocycles. The number of hydrogen-bond donors (Lipinski definition) is 1. The van der Waals surface area contributed by atoms with Crippen molar-refractivity contribution >= 4 is 17.5 Å². The van der Waals surface area contributed by atoms with Crippen LogP contribution in [-0.2, 0) is 4.84 Å². The molecule has 0 heterocycles. The fourth-order valence-corrected chi connectivity index (χ4v) is 2.27. The zero-order chi connectivity index (χ0) is 17.5. The van der Waals surface area contributed by atoms with Gasteiger partial charge in [-0.25, -0.2) is 4.79 Å². The quantitative estimate of drug-likeness (QED) is 0.504. The van der Waals surface area contributed by atoms with Crippen LogP contribution in [0.25, 0.3) is 0 Å². The first-order chi connectivity index (χ1) is 11.4. The number of nitrogens with one attached hydrogen (secondary N) is 1. The van der Waals surface area contributed by atoms with E-state index in [1.165, 1.54) is 24.3 Å². The highest BCUT2D eigenvalue weighted by Gasteiger charge is 2.20. The molecule has 1 aromatic rings. The Morgan fingerprint density at radius 1 is 1.33 bits per heavy atom. The molecule has 128 valence electrons. The second kappa shape index (κ2) is 8.09. The van der Waals surface area contributed by atoms with E-state index in [0.29, 0.717) is 5.76 Å². The average Bonchev–Trinajstić information content (AvgIpc) is 2.54. The molecule has 1 saturated carbocycles. The first-order valence-corrected chi connectivity index (χ1v) is 7.55. The Hall–Kier alpha value is -2.90. The summed E-state index contributed by atoms with van der Waals surface area (Å²) >= 11 is 0. The van der Waals surface area contributed by atoms with Crippen molar-refractivity contribution in [1.82, 2.24) is 5.32 Å². The van der Waals surface area contributed by atoms with Crippen molar-refractivity contribution in [1.29, 1.82) is 0 Å². The predicted molar refractivity (Wildman–Crippen MR) is 87.8 cm³/mol. The molecule has 24 heavy (non-hydrogen) atoms. The van der Waals surface area contributed by atoms with Crippen molar-refractivity contribution in [3.05, 3.63) is 46.7 Å². The Kier molecular flexibility index (Phi) is 5.89. The predicted octanol–water partition coefficient (Wildman–Crippen LogP) is 3.53. The summed E-state index contributed by atoms with van der Waals surface area (Å²) < 4.78 is 5.12. The molecule has 0 aromatic heterocycles. The van der Waals surface area contributed by atoms with Crippen LogP contribution in [0.4, 0.5) is 10.5 Å². The SMILES string of the molecule is C=C(C)ON=C1CCC(NC(=O)Oc2ccc([N+](=O)[O-])cc2)CC1. The molecule has 0 bridgehead atoms. The van der Waals surface area contributed by atoms with Gasteiger partial charge >= 0.3 is 6.09 Å². The van der Waals surface area contributed by atoms with Crippen LogP contribution in [0.5, 0.6) is 5.75 Å². The lowest BCUT2D eigenvalue weighted by molar-refractivity contribution is -0.384. The summed E-state index contributed by atoms with van der Waals surface area (Å²) in [4.78, 5) is 27.0. The number of carbonyl (C=O) groups excluding carboxylic acids is 1. The van der Waals surface area contributed by atoms with Crippen molar-refractivity contribution in [2.45, 2.75) is 38.6 Å². The summed E-state index contributed by atoms with van der Waals surface area (Å²) in [5, 5.41) is 17.4. The van der Waals surface area contributed by atoms with Gasteiger partial charge in [0.2, 0.25) is 0 Å².